The van der Waals surface area contributed by atoms with E-state index in [1.807, 2.05) is 0 Å². The third-order valence-electron chi connectivity index (χ3n) is 3.55. The van der Waals surface area contributed by atoms with Gasteiger partial charge in [0.1, 0.15) is 17.3 Å². The largest absolute Gasteiger partial charge is 0.357 e. The highest BCUT2D eigenvalue weighted by Gasteiger charge is 2.15. The first-order valence-corrected chi connectivity index (χ1v) is 8.31. The number of halogens is 2. The lowest BCUT2D eigenvalue weighted by Gasteiger charge is -2.23. The molecule has 0 aliphatic rings. The molecule has 25 heavy (non-hydrogen) atoms. The van der Waals surface area contributed by atoms with Crippen molar-refractivity contribution in [2.45, 2.75) is 33.6 Å². The summed E-state index contributed by atoms with van der Waals surface area (Å²) in [5, 5.41) is 2.53. The molecule has 5 nitrogen and oxygen atoms in total. The molecule has 2 rings (SSSR count). The van der Waals surface area contributed by atoms with Crippen LogP contribution in [-0.2, 0) is 0 Å². The molecule has 0 spiro atoms. The van der Waals surface area contributed by atoms with Gasteiger partial charge in [0.25, 0.3) is 5.91 Å². The molecular formula is C18H22F2N4O. The lowest BCUT2D eigenvalue weighted by Crippen LogP contribution is -2.27. The van der Waals surface area contributed by atoms with E-state index in [9.17, 15) is 13.6 Å². The Morgan fingerprint density at radius 1 is 1.08 bits per heavy atom. The molecular weight excluding hydrogens is 326 g/mol. The van der Waals surface area contributed by atoms with Gasteiger partial charge >= 0.3 is 0 Å². The molecule has 1 aromatic heterocycles. The van der Waals surface area contributed by atoms with Crippen LogP contribution in [0.4, 0.5) is 20.3 Å². The van der Waals surface area contributed by atoms with Gasteiger partial charge in [-0.1, -0.05) is 13.8 Å². The highest BCUT2D eigenvalue weighted by atomic mass is 19.2. The van der Waals surface area contributed by atoms with E-state index in [2.05, 4.69) is 34.0 Å². The summed E-state index contributed by atoms with van der Waals surface area (Å²) < 4.78 is 26.3. The molecule has 7 heteroatoms. The molecule has 0 aliphatic heterocycles. The number of aryl methyl sites for hydroxylation is 1. The van der Waals surface area contributed by atoms with Crippen molar-refractivity contribution in [3.63, 3.8) is 0 Å². The number of aromatic nitrogens is 2. The van der Waals surface area contributed by atoms with Crippen LogP contribution in [0.1, 0.15) is 43.0 Å². The Morgan fingerprint density at radius 3 is 2.36 bits per heavy atom. The van der Waals surface area contributed by atoms with E-state index in [-0.39, 0.29) is 11.4 Å². The van der Waals surface area contributed by atoms with Gasteiger partial charge in [-0.3, -0.25) is 4.79 Å². The van der Waals surface area contributed by atoms with Crippen LogP contribution in [0.15, 0.2) is 24.3 Å². The highest BCUT2D eigenvalue weighted by Crippen LogP contribution is 2.17. The number of amides is 1. The van der Waals surface area contributed by atoms with Crippen molar-refractivity contribution in [3.05, 3.63) is 47.4 Å². The van der Waals surface area contributed by atoms with Gasteiger partial charge in [0, 0.05) is 30.9 Å². The van der Waals surface area contributed by atoms with E-state index in [0.717, 1.165) is 38.1 Å². The maximum absolute atomic E-state index is 13.3. The number of carbonyl (C=O) groups is 1. The number of hydrogen-bond donors (Lipinski definition) is 1. The molecule has 0 saturated carbocycles. The van der Waals surface area contributed by atoms with Gasteiger partial charge in [0.2, 0.25) is 0 Å². The van der Waals surface area contributed by atoms with Crippen LogP contribution in [0.2, 0.25) is 0 Å². The molecule has 1 amide bonds. The molecule has 0 fully saturated rings. The van der Waals surface area contributed by atoms with Crippen molar-refractivity contribution in [1.29, 1.82) is 0 Å². The minimum absolute atomic E-state index is 0.167. The van der Waals surface area contributed by atoms with Gasteiger partial charge in [-0.15, -0.1) is 0 Å². The van der Waals surface area contributed by atoms with Gasteiger partial charge in [0.15, 0.2) is 11.6 Å². The Kier molecular flexibility index (Phi) is 6.38. The molecule has 0 atom stereocenters. The van der Waals surface area contributed by atoms with Crippen molar-refractivity contribution in [3.8, 4) is 0 Å². The number of nitrogens with zero attached hydrogens (tertiary/aromatic N) is 3. The Labute approximate surface area is 146 Å². The van der Waals surface area contributed by atoms with Crippen LogP contribution in [0.25, 0.3) is 0 Å². The predicted octanol–water partition coefficient (Wildman–Crippen LogP) is 3.94. The smallest absolute Gasteiger partial charge is 0.274 e. The summed E-state index contributed by atoms with van der Waals surface area (Å²) in [5.74, 6) is -1.31. The van der Waals surface area contributed by atoms with E-state index in [4.69, 9.17) is 0 Å². The Balaban J connectivity index is 2.25. The fourth-order valence-electron chi connectivity index (χ4n) is 2.48. The van der Waals surface area contributed by atoms with E-state index in [1.165, 1.54) is 6.07 Å². The molecule has 0 radical (unpaired) electrons. The topological polar surface area (TPSA) is 58.1 Å². The van der Waals surface area contributed by atoms with Crippen LogP contribution in [-0.4, -0.2) is 29.0 Å². The zero-order chi connectivity index (χ0) is 18.4. The second-order valence-corrected chi connectivity index (χ2v) is 5.73. The van der Waals surface area contributed by atoms with Gasteiger partial charge in [-0.05, 0) is 31.9 Å². The Hall–Kier alpha value is -2.57. The van der Waals surface area contributed by atoms with E-state index in [1.54, 1.807) is 13.0 Å². The number of hydrogen-bond acceptors (Lipinski definition) is 4. The van der Waals surface area contributed by atoms with Crippen molar-refractivity contribution in [1.82, 2.24) is 9.97 Å². The summed E-state index contributed by atoms with van der Waals surface area (Å²) >= 11 is 0. The molecule has 2 aromatic rings. The second kappa shape index (κ2) is 8.50. The number of nitrogens with one attached hydrogen (secondary N) is 1. The highest BCUT2D eigenvalue weighted by molar-refractivity contribution is 6.03. The van der Waals surface area contributed by atoms with Crippen LogP contribution < -0.4 is 10.2 Å². The number of carbonyl (C=O) groups excluding carboxylic acids is 1. The first-order chi connectivity index (χ1) is 11.9. The average molecular weight is 348 g/mol. The second-order valence-electron chi connectivity index (χ2n) is 5.73. The summed E-state index contributed by atoms with van der Waals surface area (Å²) in [6.07, 6.45) is 1.92. The standard InChI is InChI=1S/C18H22F2N4O/c1-4-8-24(9-5-2)17-11-16(21-12(3)22-17)18(25)23-13-6-7-14(19)15(20)10-13/h6-7,10-11H,4-5,8-9H2,1-3H3,(H,23,25). The number of anilines is 2. The monoisotopic (exact) mass is 348 g/mol. The summed E-state index contributed by atoms with van der Waals surface area (Å²) in [4.78, 5) is 23.1. The summed E-state index contributed by atoms with van der Waals surface area (Å²) in [5.41, 5.74) is 0.352. The maximum atomic E-state index is 13.3. The molecule has 0 saturated heterocycles. The average Bonchev–Trinajstić information content (AvgIpc) is 2.57. The van der Waals surface area contributed by atoms with E-state index < -0.39 is 17.5 Å². The minimum Gasteiger partial charge on any atom is -0.357 e. The third-order valence-corrected chi connectivity index (χ3v) is 3.55. The normalized spacial score (nSPS) is 10.6. The zero-order valence-corrected chi connectivity index (χ0v) is 14.6. The third kappa shape index (κ3) is 4.95. The molecule has 0 aliphatic carbocycles. The van der Waals surface area contributed by atoms with Crippen molar-refractivity contribution >= 4 is 17.4 Å². The quantitative estimate of drug-likeness (QED) is 0.823. The van der Waals surface area contributed by atoms with Crippen LogP contribution in [0, 0.1) is 18.6 Å². The predicted molar refractivity (Wildman–Crippen MR) is 93.9 cm³/mol. The first-order valence-electron chi connectivity index (χ1n) is 8.31. The van der Waals surface area contributed by atoms with Crippen LogP contribution in [0.3, 0.4) is 0 Å². The lowest BCUT2D eigenvalue weighted by molar-refractivity contribution is 0.102. The Morgan fingerprint density at radius 2 is 1.76 bits per heavy atom. The first kappa shape index (κ1) is 18.8. The minimum atomic E-state index is -1.02. The van der Waals surface area contributed by atoms with Gasteiger partial charge in [-0.25, -0.2) is 18.7 Å². The summed E-state index contributed by atoms with van der Waals surface area (Å²) in [6, 6.07) is 4.81. The van der Waals surface area contributed by atoms with E-state index >= 15 is 0 Å². The summed E-state index contributed by atoms with van der Waals surface area (Å²) in [6.45, 7) is 7.53. The Bertz CT molecular complexity index is 746. The van der Waals surface area contributed by atoms with E-state index in [0.29, 0.717) is 11.6 Å². The number of rotatable bonds is 7. The molecule has 0 unspecified atom stereocenters. The maximum Gasteiger partial charge on any atom is 0.274 e. The van der Waals surface area contributed by atoms with Crippen molar-refractivity contribution < 1.29 is 13.6 Å². The molecule has 0 bridgehead atoms. The number of benzene rings is 1. The molecule has 1 aromatic carbocycles. The van der Waals surface area contributed by atoms with Crippen molar-refractivity contribution in [2.24, 2.45) is 0 Å². The van der Waals surface area contributed by atoms with Crippen LogP contribution >= 0.6 is 0 Å². The molecule has 1 heterocycles. The molecule has 1 N–H and O–H groups in total. The molecule has 134 valence electrons. The van der Waals surface area contributed by atoms with Crippen LogP contribution in [0.5, 0.6) is 0 Å². The summed E-state index contributed by atoms with van der Waals surface area (Å²) in [7, 11) is 0. The van der Waals surface area contributed by atoms with Gasteiger partial charge in [-0.2, -0.15) is 0 Å². The lowest BCUT2D eigenvalue weighted by atomic mass is 10.2. The fraction of sp³-hybridized carbons (Fsp3) is 0.389. The van der Waals surface area contributed by atoms with Gasteiger partial charge < -0.3 is 10.2 Å². The van der Waals surface area contributed by atoms with Crippen molar-refractivity contribution in [2.75, 3.05) is 23.3 Å². The fourth-order valence-corrected chi connectivity index (χ4v) is 2.48. The zero-order valence-electron chi connectivity index (χ0n) is 14.6. The van der Waals surface area contributed by atoms with Gasteiger partial charge in [0.05, 0.1) is 0 Å². The SMILES string of the molecule is CCCN(CCC)c1cc(C(=O)Nc2ccc(F)c(F)c2)nc(C)n1.